The predicted molar refractivity (Wildman–Crippen MR) is 48.6 cm³/mol. The topological polar surface area (TPSA) is 35.2 Å². The molecule has 0 rings (SSSR count). The fraction of sp³-hybridized carbons (Fsp3) is 1.00. The molecule has 0 radical (unpaired) electrons. The zero-order valence-electron chi connectivity index (χ0n) is 7.97. The van der Waals surface area contributed by atoms with Gasteiger partial charge in [0.1, 0.15) is 0 Å². The van der Waals surface area contributed by atoms with E-state index in [4.69, 9.17) is 10.5 Å². The second-order valence-corrected chi connectivity index (χ2v) is 2.85. The Balaban J connectivity index is 3.66. The molecule has 0 bridgehead atoms. The van der Waals surface area contributed by atoms with Gasteiger partial charge < -0.3 is 10.5 Å². The lowest BCUT2D eigenvalue weighted by Gasteiger charge is -2.21. The van der Waals surface area contributed by atoms with Crippen molar-refractivity contribution in [1.82, 2.24) is 0 Å². The highest BCUT2D eigenvalue weighted by atomic mass is 16.5. The van der Waals surface area contributed by atoms with E-state index in [0.29, 0.717) is 0 Å². The standard InChI is InChI=1S/C9H21NO/c1-4-7-9(11-6-3)8(10)5-2/h8-9H,4-7,10H2,1-3H3/t8-,9?/m0/s1. The van der Waals surface area contributed by atoms with Crippen LogP contribution in [0, 0.1) is 0 Å². The SMILES string of the molecule is CCCC(OCC)[C@@H](N)CC. The molecule has 2 nitrogen and oxygen atoms in total. The third kappa shape index (κ3) is 4.38. The number of hydrogen-bond donors (Lipinski definition) is 1. The maximum atomic E-state index is 5.86. The third-order valence-corrected chi connectivity index (χ3v) is 1.90. The van der Waals surface area contributed by atoms with Crippen molar-refractivity contribution in [2.24, 2.45) is 5.73 Å². The minimum absolute atomic E-state index is 0.217. The van der Waals surface area contributed by atoms with Gasteiger partial charge in [-0.15, -0.1) is 0 Å². The van der Waals surface area contributed by atoms with Crippen LogP contribution in [-0.2, 0) is 4.74 Å². The molecule has 0 aliphatic carbocycles. The molecule has 0 spiro atoms. The highest BCUT2D eigenvalue weighted by Gasteiger charge is 2.14. The van der Waals surface area contributed by atoms with Crippen LogP contribution < -0.4 is 5.73 Å². The molecule has 0 aromatic heterocycles. The van der Waals surface area contributed by atoms with E-state index >= 15 is 0 Å². The van der Waals surface area contributed by atoms with Crippen molar-refractivity contribution >= 4 is 0 Å². The van der Waals surface area contributed by atoms with Crippen molar-refractivity contribution < 1.29 is 4.74 Å². The van der Waals surface area contributed by atoms with Crippen molar-refractivity contribution in [2.75, 3.05) is 6.61 Å². The van der Waals surface area contributed by atoms with E-state index in [-0.39, 0.29) is 12.1 Å². The molecule has 0 saturated heterocycles. The molecule has 2 atom stereocenters. The lowest BCUT2D eigenvalue weighted by atomic mass is 10.1. The number of nitrogens with two attached hydrogens (primary N) is 1. The number of rotatable bonds is 6. The number of ether oxygens (including phenoxy) is 1. The number of hydrogen-bond acceptors (Lipinski definition) is 2. The molecule has 0 aromatic rings. The van der Waals surface area contributed by atoms with Gasteiger partial charge in [0, 0.05) is 12.6 Å². The summed E-state index contributed by atoms with van der Waals surface area (Å²) in [6.07, 6.45) is 3.52. The normalized spacial score (nSPS) is 16.4. The first-order valence-electron chi connectivity index (χ1n) is 4.63. The van der Waals surface area contributed by atoms with E-state index in [2.05, 4.69) is 13.8 Å². The van der Waals surface area contributed by atoms with E-state index in [1.807, 2.05) is 6.92 Å². The Morgan fingerprint density at radius 3 is 2.27 bits per heavy atom. The molecular formula is C9H21NO. The first-order chi connectivity index (χ1) is 5.26. The Morgan fingerprint density at radius 2 is 1.91 bits per heavy atom. The molecule has 0 fully saturated rings. The van der Waals surface area contributed by atoms with Crippen LogP contribution in [0.1, 0.15) is 40.0 Å². The lowest BCUT2D eigenvalue weighted by Crippen LogP contribution is -2.36. The van der Waals surface area contributed by atoms with E-state index in [1.54, 1.807) is 0 Å². The van der Waals surface area contributed by atoms with E-state index in [0.717, 1.165) is 25.9 Å². The van der Waals surface area contributed by atoms with Crippen LogP contribution in [0.15, 0.2) is 0 Å². The van der Waals surface area contributed by atoms with Gasteiger partial charge in [0.05, 0.1) is 6.10 Å². The molecule has 0 aromatic carbocycles. The molecule has 0 saturated carbocycles. The summed E-state index contributed by atoms with van der Waals surface area (Å²) in [5.41, 5.74) is 5.86. The molecule has 68 valence electrons. The van der Waals surface area contributed by atoms with Gasteiger partial charge in [-0.1, -0.05) is 20.3 Å². The van der Waals surface area contributed by atoms with Gasteiger partial charge in [-0.2, -0.15) is 0 Å². The molecular weight excluding hydrogens is 138 g/mol. The van der Waals surface area contributed by atoms with Crippen LogP contribution in [0.3, 0.4) is 0 Å². The molecule has 0 heterocycles. The molecule has 0 aliphatic rings. The maximum Gasteiger partial charge on any atom is 0.0725 e. The zero-order chi connectivity index (χ0) is 8.69. The molecule has 1 unspecified atom stereocenters. The summed E-state index contributed by atoms with van der Waals surface area (Å²) in [6, 6.07) is 0.217. The fourth-order valence-electron chi connectivity index (χ4n) is 1.18. The third-order valence-electron chi connectivity index (χ3n) is 1.90. The van der Waals surface area contributed by atoms with E-state index in [9.17, 15) is 0 Å². The van der Waals surface area contributed by atoms with Gasteiger partial charge >= 0.3 is 0 Å². The summed E-state index contributed by atoms with van der Waals surface area (Å²) < 4.78 is 5.51. The summed E-state index contributed by atoms with van der Waals surface area (Å²) in [5, 5.41) is 0. The van der Waals surface area contributed by atoms with Crippen LogP contribution in [0.4, 0.5) is 0 Å². The van der Waals surface area contributed by atoms with Crippen LogP contribution in [0.2, 0.25) is 0 Å². The largest absolute Gasteiger partial charge is 0.377 e. The fourth-order valence-corrected chi connectivity index (χ4v) is 1.18. The van der Waals surface area contributed by atoms with Crippen molar-refractivity contribution in [1.29, 1.82) is 0 Å². The average molecular weight is 159 g/mol. The van der Waals surface area contributed by atoms with Gasteiger partial charge in [-0.3, -0.25) is 0 Å². The average Bonchev–Trinajstić information content (AvgIpc) is 2.03. The van der Waals surface area contributed by atoms with Gasteiger partial charge in [0.2, 0.25) is 0 Å². The van der Waals surface area contributed by atoms with Gasteiger partial charge in [0.15, 0.2) is 0 Å². The molecule has 0 amide bonds. The quantitative estimate of drug-likeness (QED) is 0.642. The smallest absolute Gasteiger partial charge is 0.0725 e. The first-order valence-corrected chi connectivity index (χ1v) is 4.63. The minimum Gasteiger partial charge on any atom is -0.377 e. The lowest BCUT2D eigenvalue weighted by molar-refractivity contribution is 0.0369. The molecule has 0 aliphatic heterocycles. The second-order valence-electron chi connectivity index (χ2n) is 2.85. The zero-order valence-corrected chi connectivity index (χ0v) is 7.97. The Morgan fingerprint density at radius 1 is 1.27 bits per heavy atom. The monoisotopic (exact) mass is 159 g/mol. The Hall–Kier alpha value is -0.0800. The second kappa shape index (κ2) is 6.62. The van der Waals surface area contributed by atoms with Crippen LogP contribution >= 0.6 is 0 Å². The maximum absolute atomic E-state index is 5.86. The van der Waals surface area contributed by atoms with Crippen LogP contribution in [0.25, 0.3) is 0 Å². The van der Waals surface area contributed by atoms with Gasteiger partial charge in [-0.05, 0) is 19.8 Å². The highest BCUT2D eigenvalue weighted by Crippen LogP contribution is 2.07. The summed E-state index contributed by atoms with van der Waals surface area (Å²) in [5.74, 6) is 0. The van der Waals surface area contributed by atoms with Crippen molar-refractivity contribution in [2.45, 2.75) is 52.2 Å². The van der Waals surface area contributed by atoms with E-state index < -0.39 is 0 Å². The van der Waals surface area contributed by atoms with Gasteiger partial charge in [0.25, 0.3) is 0 Å². The van der Waals surface area contributed by atoms with Crippen molar-refractivity contribution in [3.8, 4) is 0 Å². The predicted octanol–water partition coefficient (Wildman–Crippen LogP) is 1.93. The Labute approximate surface area is 70.1 Å². The van der Waals surface area contributed by atoms with Crippen molar-refractivity contribution in [3.05, 3.63) is 0 Å². The first kappa shape index (κ1) is 10.9. The highest BCUT2D eigenvalue weighted by molar-refractivity contribution is 4.71. The summed E-state index contributed by atoms with van der Waals surface area (Å²) >= 11 is 0. The van der Waals surface area contributed by atoms with Gasteiger partial charge in [-0.25, -0.2) is 0 Å². The van der Waals surface area contributed by atoms with Crippen LogP contribution in [0.5, 0.6) is 0 Å². The summed E-state index contributed by atoms with van der Waals surface area (Å²) in [7, 11) is 0. The minimum atomic E-state index is 0.217. The van der Waals surface area contributed by atoms with Crippen molar-refractivity contribution in [3.63, 3.8) is 0 Å². The summed E-state index contributed by atoms with van der Waals surface area (Å²) in [6.45, 7) is 7.06. The van der Waals surface area contributed by atoms with E-state index in [1.165, 1.54) is 0 Å². The summed E-state index contributed by atoms with van der Waals surface area (Å²) in [4.78, 5) is 0. The Bertz CT molecular complexity index is 79.6. The molecule has 11 heavy (non-hydrogen) atoms. The molecule has 2 heteroatoms. The van der Waals surface area contributed by atoms with Crippen LogP contribution in [-0.4, -0.2) is 18.8 Å². The Kier molecular flexibility index (Phi) is 6.57. The molecule has 2 N–H and O–H groups in total.